The zero-order valence-electron chi connectivity index (χ0n) is 19.1. The first-order chi connectivity index (χ1) is 16.2. The fourth-order valence-electron chi connectivity index (χ4n) is 3.59. The minimum Gasteiger partial charge on any atom is -0.394 e. The van der Waals surface area contributed by atoms with Crippen LogP contribution in [-0.4, -0.2) is 126 Å². The number of ether oxygens (including phenoxy) is 4. The maximum absolute atomic E-state index is 12.5. The van der Waals surface area contributed by atoms with E-state index in [0.29, 0.717) is 18.8 Å². The van der Waals surface area contributed by atoms with Gasteiger partial charge >= 0.3 is 0 Å². The van der Waals surface area contributed by atoms with Crippen molar-refractivity contribution < 1.29 is 49.0 Å². The molecule has 2 heterocycles. The van der Waals surface area contributed by atoms with Crippen LogP contribution >= 0.6 is 21.6 Å². The van der Waals surface area contributed by atoms with Crippen LogP contribution < -0.4 is 16.4 Å². The Hall–Kier alpha value is -0.720. The number of nitrogens with one attached hydrogen (secondary N) is 2. The Morgan fingerprint density at radius 2 is 1.82 bits per heavy atom. The van der Waals surface area contributed by atoms with Crippen LogP contribution in [0.2, 0.25) is 0 Å². The van der Waals surface area contributed by atoms with E-state index >= 15 is 0 Å². The van der Waals surface area contributed by atoms with Crippen LogP contribution in [0, 0.1) is 0 Å². The van der Waals surface area contributed by atoms with Gasteiger partial charge in [0.05, 0.1) is 12.7 Å². The van der Waals surface area contributed by atoms with Gasteiger partial charge in [-0.15, -0.1) is 0 Å². The third kappa shape index (κ3) is 8.16. The summed E-state index contributed by atoms with van der Waals surface area (Å²) in [5.41, 5.74) is 5.43. The molecule has 2 aliphatic heterocycles. The van der Waals surface area contributed by atoms with Crippen molar-refractivity contribution in [3.63, 3.8) is 0 Å². The number of amides is 2. The van der Waals surface area contributed by atoms with Crippen molar-refractivity contribution in [1.29, 1.82) is 0 Å². The Balaban J connectivity index is 2.07. The predicted octanol–water partition coefficient (Wildman–Crippen LogP) is -3.11. The number of methoxy groups -OCH3 is 1. The third-order valence-corrected chi connectivity index (χ3v) is 7.68. The number of nitrogens with two attached hydrogens (primary N) is 1. The summed E-state index contributed by atoms with van der Waals surface area (Å²) in [6.45, 7) is 1.60. The average molecular weight is 530 g/mol. The molecule has 0 saturated carbocycles. The Kier molecular flexibility index (Phi) is 12.8. The average Bonchev–Trinajstić information content (AvgIpc) is 2.80. The Bertz CT molecular complexity index is 651. The number of hydrogen-bond acceptors (Lipinski definition) is 13. The molecule has 8 N–H and O–H groups in total. The molecular weight excluding hydrogens is 494 g/mol. The molecule has 2 rings (SSSR count). The summed E-state index contributed by atoms with van der Waals surface area (Å²) in [5.74, 6) is 0.482. The molecule has 0 radical (unpaired) electrons. The van der Waals surface area contributed by atoms with Crippen molar-refractivity contribution in [3.8, 4) is 0 Å². The van der Waals surface area contributed by atoms with E-state index in [9.17, 15) is 30.0 Å². The van der Waals surface area contributed by atoms with E-state index in [-0.39, 0.29) is 6.42 Å². The molecule has 5 unspecified atom stereocenters. The molecular formula is C19H35N3O10S2. The van der Waals surface area contributed by atoms with E-state index in [4.69, 9.17) is 24.7 Å². The molecule has 9 atom stereocenters. The SMILES string of the molecule is COC1OC(CO)C(O)[C@H](OC2OC(C(=O)NCCSSCCN)C[C@H](O)[C@@H]2O)[C@@H]1NC(C)=O. The van der Waals surface area contributed by atoms with Crippen molar-refractivity contribution in [2.24, 2.45) is 5.73 Å². The third-order valence-electron chi connectivity index (χ3n) is 5.24. The highest BCUT2D eigenvalue weighted by Gasteiger charge is 2.50. The van der Waals surface area contributed by atoms with Gasteiger partial charge in [0.2, 0.25) is 11.8 Å². The van der Waals surface area contributed by atoms with E-state index in [1.54, 1.807) is 21.6 Å². The Labute approximate surface area is 205 Å². The summed E-state index contributed by atoms with van der Waals surface area (Å²) in [7, 11) is 4.47. The Morgan fingerprint density at radius 1 is 1.12 bits per heavy atom. The molecule has 0 spiro atoms. The largest absolute Gasteiger partial charge is 0.394 e. The molecule has 2 amide bonds. The second kappa shape index (κ2) is 14.7. The van der Waals surface area contributed by atoms with E-state index in [1.165, 1.54) is 14.0 Å². The lowest BCUT2D eigenvalue weighted by Crippen LogP contribution is -2.67. The zero-order valence-corrected chi connectivity index (χ0v) is 20.7. The van der Waals surface area contributed by atoms with Gasteiger partial charge < -0.3 is 55.7 Å². The highest BCUT2D eigenvalue weighted by atomic mass is 33.1. The van der Waals surface area contributed by atoms with Crippen LogP contribution in [0.5, 0.6) is 0 Å². The maximum atomic E-state index is 12.5. The van der Waals surface area contributed by atoms with Gasteiger partial charge in [-0.05, 0) is 0 Å². The van der Waals surface area contributed by atoms with Crippen LogP contribution in [0.25, 0.3) is 0 Å². The second-order valence-electron chi connectivity index (χ2n) is 7.79. The summed E-state index contributed by atoms with van der Waals surface area (Å²) < 4.78 is 22.1. The molecule has 2 saturated heterocycles. The molecule has 0 aromatic heterocycles. The monoisotopic (exact) mass is 529 g/mol. The first-order valence-corrected chi connectivity index (χ1v) is 13.4. The number of aliphatic hydroxyl groups excluding tert-OH is 4. The van der Waals surface area contributed by atoms with Gasteiger partial charge in [0.15, 0.2) is 12.6 Å². The highest BCUT2D eigenvalue weighted by Crippen LogP contribution is 2.29. The fourth-order valence-corrected chi connectivity index (χ4v) is 5.35. The topological polar surface area (TPSA) is 202 Å². The molecule has 34 heavy (non-hydrogen) atoms. The van der Waals surface area contributed by atoms with Crippen LogP contribution in [0.1, 0.15) is 13.3 Å². The van der Waals surface area contributed by atoms with Gasteiger partial charge in [0.1, 0.15) is 36.6 Å². The Morgan fingerprint density at radius 3 is 2.44 bits per heavy atom. The number of carbonyl (C=O) groups is 2. The van der Waals surface area contributed by atoms with Crippen molar-refractivity contribution >= 4 is 33.4 Å². The predicted molar refractivity (Wildman–Crippen MR) is 124 cm³/mol. The lowest BCUT2D eigenvalue weighted by molar-refractivity contribution is -0.325. The second-order valence-corrected chi connectivity index (χ2v) is 10.5. The van der Waals surface area contributed by atoms with Crippen LogP contribution in [0.15, 0.2) is 0 Å². The molecule has 2 aliphatic rings. The molecule has 198 valence electrons. The van der Waals surface area contributed by atoms with Gasteiger partial charge in [0.25, 0.3) is 0 Å². The molecule has 0 aromatic rings. The van der Waals surface area contributed by atoms with Gasteiger partial charge in [-0.3, -0.25) is 9.59 Å². The van der Waals surface area contributed by atoms with Gasteiger partial charge in [-0.1, -0.05) is 21.6 Å². The van der Waals surface area contributed by atoms with E-state index in [0.717, 1.165) is 5.75 Å². The minimum atomic E-state index is -1.53. The standard InChI is InChI=1S/C19H35N3O10S2/c1-9(24)22-13-16(15(27)12(8-23)31-18(13)29-2)32-19-14(26)10(25)7-11(30-19)17(28)21-4-6-34-33-5-3-20/h10-16,18-19,23,25-27H,3-8,20H2,1-2H3,(H,21,28)(H,22,24)/t10-,11?,12?,13-,14-,15?,16+,18?,19?/m0/s1. The number of rotatable bonds is 12. The lowest BCUT2D eigenvalue weighted by atomic mass is 9.95. The molecule has 0 bridgehead atoms. The maximum Gasteiger partial charge on any atom is 0.249 e. The van der Waals surface area contributed by atoms with Gasteiger partial charge in [-0.25, -0.2) is 0 Å². The summed E-state index contributed by atoms with van der Waals surface area (Å²) in [4.78, 5) is 24.3. The van der Waals surface area contributed by atoms with Crippen LogP contribution in [0.3, 0.4) is 0 Å². The zero-order chi connectivity index (χ0) is 25.3. The van der Waals surface area contributed by atoms with Crippen LogP contribution in [-0.2, 0) is 28.5 Å². The van der Waals surface area contributed by atoms with Gasteiger partial charge in [-0.2, -0.15) is 0 Å². The minimum absolute atomic E-state index is 0.159. The first-order valence-electron chi connectivity index (χ1n) is 10.9. The molecule has 2 fully saturated rings. The summed E-state index contributed by atoms with van der Waals surface area (Å²) in [6.07, 6.45) is -10.6. The van der Waals surface area contributed by atoms with E-state index < -0.39 is 73.7 Å². The van der Waals surface area contributed by atoms with Crippen LogP contribution in [0.4, 0.5) is 0 Å². The van der Waals surface area contributed by atoms with E-state index in [2.05, 4.69) is 10.6 Å². The van der Waals surface area contributed by atoms with Crippen molar-refractivity contribution in [2.45, 2.75) is 68.6 Å². The van der Waals surface area contributed by atoms with Crippen molar-refractivity contribution in [3.05, 3.63) is 0 Å². The summed E-state index contributed by atoms with van der Waals surface area (Å²) in [5, 5.41) is 46.3. The smallest absolute Gasteiger partial charge is 0.249 e. The quantitative estimate of drug-likeness (QED) is 0.0990. The lowest BCUT2D eigenvalue weighted by Gasteiger charge is -2.46. The van der Waals surface area contributed by atoms with E-state index in [1.807, 2.05) is 0 Å². The highest BCUT2D eigenvalue weighted by molar-refractivity contribution is 8.76. The molecule has 0 aliphatic carbocycles. The number of aliphatic hydroxyl groups is 4. The number of carbonyl (C=O) groups excluding carboxylic acids is 2. The molecule has 15 heteroatoms. The molecule has 13 nitrogen and oxygen atoms in total. The van der Waals surface area contributed by atoms with Crippen molar-refractivity contribution in [1.82, 2.24) is 10.6 Å². The summed E-state index contributed by atoms with van der Waals surface area (Å²) >= 11 is 0. The fraction of sp³-hybridized carbons (Fsp3) is 0.895. The van der Waals surface area contributed by atoms with Gasteiger partial charge in [0, 0.05) is 45.0 Å². The normalized spacial score (nSPS) is 36.1. The summed E-state index contributed by atoms with van der Waals surface area (Å²) in [6, 6.07) is -1.04. The number of hydrogen-bond donors (Lipinski definition) is 7. The first kappa shape index (κ1) is 29.5. The van der Waals surface area contributed by atoms with Crippen molar-refractivity contribution in [2.75, 3.05) is 38.3 Å². The molecule has 0 aromatic carbocycles.